The monoisotopic (exact) mass is 573 g/mol. The molecule has 1 aromatic carbocycles. The third kappa shape index (κ3) is 9.27. The van der Waals surface area contributed by atoms with Crippen LogP contribution >= 0.6 is 0 Å². The van der Waals surface area contributed by atoms with Crippen molar-refractivity contribution in [2.24, 2.45) is 23.7 Å². The number of rotatable bonds is 16. The molecule has 8 heteroatoms. The summed E-state index contributed by atoms with van der Waals surface area (Å²) in [7, 11) is 5.08. The van der Waals surface area contributed by atoms with E-state index in [9.17, 15) is 14.4 Å². The van der Waals surface area contributed by atoms with E-state index in [4.69, 9.17) is 9.47 Å². The Kier molecular flexibility index (Phi) is 14.3. The van der Waals surface area contributed by atoms with Crippen LogP contribution in [0.2, 0.25) is 0 Å². The first kappa shape index (κ1) is 34.7. The van der Waals surface area contributed by atoms with E-state index in [1.807, 2.05) is 61.0 Å². The molecule has 0 spiro atoms. The molecule has 0 unspecified atom stereocenters. The average molecular weight is 574 g/mol. The van der Waals surface area contributed by atoms with Crippen LogP contribution in [-0.2, 0) is 30.3 Å². The maximum Gasteiger partial charge on any atom is 0.225 e. The molecule has 232 valence electrons. The molecule has 1 aromatic rings. The van der Waals surface area contributed by atoms with Gasteiger partial charge >= 0.3 is 0 Å². The number of carbonyl (C=O) groups excluding carboxylic acids is 3. The van der Waals surface area contributed by atoms with Gasteiger partial charge in [0.15, 0.2) is 0 Å². The van der Waals surface area contributed by atoms with Gasteiger partial charge in [0.1, 0.15) is 0 Å². The van der Waals surface area contributed by atoms with E-state index in [-0.39, 0.29) is 54.0 Å². The number of amides is 3. The van der Waals surface area contributed by atoms with Crippen LogP contribution in [0.25, 0.3) is 0 Å². The van der Waals surface area contributed by atoms with E-state index in [0.29, 0.717) is 13.1 Å². The molecule has 7 atom stereocenters. The van der Waals surface area contributed by atoms with Gasteiger partial charge in [0.25, 0.3) is 0 Å². The van der Waals surface area contributed by atoms with Crippen molar-refractivity contribution >= 4 is 17.7 Å². The Labute approximate surface area is 248 Å². The molecule has 1 aliphatic heterocycles. The summed E-state index contributed by atoms with van der Waals surface area (Å²) in [5.41, 5.74) is 1.17. The summed E-state index contributed by atoms with van der Waals surface area (Å²) in [6, 6.07) is 9.65. The van der Waals surface area contributed by atoms with Crippen molar-refractivity contribution in [2.75, 3.05) is 34.4 Å². The SMILES string of the molecule is CC[C@H](C)[C@@H]([C@@H](CC(=O)N1CCC[C@H]1[C@H](OC)[C@@H](C)C(=O)NCCc1ccccc1)OC)N(C)C(=O)[C@@H](C)C(C)C. The van der Waals surface area contributed by atoms with Crippen molar-refractivity contribution in [3.63, 3.8) is 0 Å². The van der Waals surface area contributed by atoms with Crippen molar-refractivity contribution < 1.29 is 23.9 Å². The zero-order valence-corrected chi connectivity index (χ0v) is 26.9. The number of likely N-dealkylation sites (tertiary alicyclic amines) is 1. The first-order valence-electron chi connectivity index (χ1n) is 15.4. The fourth-order valence-electron chi connectivity index (χ4n) is 6.05. The highest BCUT2D eigenvalue weighted by Gasteiger charge is 2.42. The lowest BCUT2D eigenvalue weighted by Gasteiger charge is -2.40. The quantitative estimate of drug-likeness (QED) is 0.313. The van der Waals surface area contributed by atoms with Crippen LogP contribution in [0.4, 0.5) is 0 Å². The summed E-state index contributed by atoms with van der Waals surface area (Å²) in [5.74, 6) is -0.180. The van der Waals surface area contributed by atoms with Gasteiger partial charge < -0.3 is 24.6 Å². The number of nitrogens with zero attached hydrogens (tertiary/aromatic N) is 2. The van der Waals surface area contributed by atoms with Gasteiger partial charge in [-0.2, -0.15) is 0 Å². The van der Waals surface area contributed by atoms with E-state index >= 15 is 0 Å². The molecule has 1 fully saturated rings. The molecule has 0 aromatic heterocycles. The molecule has 3 amide bonds. The molecule has 1 heterocycles. The summed E-state index contributed by atoms with van der Waals surface area (Å²) in [6.07, 6.45) is 2.57. The van der Waals surface area contributed by atoms with Crippen molar-refractivity contribution in [1.29, 1.82) is 0 Å². The third-order valence-corrected chi connectivity index (χ3v) is 9.20. The van der Waals surface area contributed by atoms with Gasteiger partial charge in [0.2, 0.25) is 17.7 Å². The number of benzene rings is 1. The van der Waals surface area contributed by atoms with E-state index in [2.05, 4.69) is 33.0 Å². The second-order valence-electron chi connectivity index (χ2n) is 12.1. The Morgan fingerprint density at radius 1 is 1.02 bits per heavy atom. The standard InChI is InChI=1S/C33H55N3O5/c1-10-23(4)30(35(7)33(39)24(5)22(2)3)28(40-8)21-29(37)36-20-14-17-27(36)31(41-9)25(6)32(38)34-19-18-26-15-12-11-13-16-26/h11-13,15-16,22-25,27-28,30-31H,10,14,17-21H2,1-9H3,(H,34,38)/t23-,24-,25+,27-,28+,30-,31+/m0/s1. The smallest absolute Gasteiger partial charge is 0.225 e. The molecule has 8 nitrogen and oxygen atoms in total. The minimum atomic E-state index is -0.438. The molecular formula is C33H55N3O5. The number of carbonyl (C=O) groups is 3. The first-order valence-corrected chi connectivity index (χ1v) is 15.4. The Morgan fingerprint density at radius 2 is 1.68 bits per heavy atom. The molecule has 0 bridgehead atoms. The van der Waals surface area contributed by atoms with Crippen molar-refractivity contribution in [1.82, 2.24) is 15.1 Å². The normalized spacial score (nSPS) is 19.8. The number of hydrogen-bond acceptors (Lipinski definition) is 5. The van der Waals surface area contributed by atoms with Crippen LogP contribution in [-0.4, -0.2) is 86.2 Å². The van der Waals surface area contributed by atoms with Gasteiger partial charge in [-0.15, -0.1) is 0 Å². The molecule has 1 N–H and O–H groups in total. The first-order chi connectivity index (χ1) is 19.5. The zero-order chi connectivity index (χ0) is 30.7. The molecular weight excluding hydrogens is 518 g/mol. The van der Waals surface area contributed by atoms with Crippen molar-refractivity contribution in [2.45, 2.75) is 97.9 Å². The molecule has 41 heavy (non-hydrogen) atoms. The van der Waals surface area contributed by atoms with Crippen molar-refractivity contribution in [3.8, 4) is 0 Å². The average Bonchev–Trinajstić information content (AvgIpc) is 3.46. The van der Waals surface area contributed by atoms with Crippen LogP contribution in [0.15, 0.2) is 30.3 Å². The summed E-state index contributed by atoms with van der Waals surface area (Å²) in [6.45, 7) is 13.3. The lowest BCUT2D eigenvalue weighted by Crippen LogP contribution is -2.54. The van der Waals surface area contributed by atoms with Crippen LogP contribution in [0.1, 0.15) is 72.8 Å². The van der Waals surface area contributed by atoms with Crippen LogP contribution in [0.3, 0.4) is 0 Å². The largest absolute Gasteiger partial charge is 0.379 e. The summed E-state index contributed by atoms with van der Waals surface area (Å²) >= 11 is 0. The zero-order valence-electron chi connectivity index (χ0n) is 26.9. The van der Waals surface area contributed by atoms with E-state index in [1.54, 1.807) is 14.2 Å². The van der Waals surface area contributed by atoms with Crippen molar-refractivity contribution in [3.05, 3.63) is 35.9 Å². The van der Waals surface area contributed by atoms with Gasteiger partial charge in [-0.25, -0.2) is 0 Å². The number of methoxy groups -OCH3 is 2. The summed E-state index contributed by atoms with van der Waals surface area (Å²) < 4.78 is 11.8. The van der Waals surface area contributed by atoms with Gasteiger partial charge in [-0.05, 0) is 36.7 Å². The summed E-state index contributed by atoms with van der Waals surface area (Å²) in [5, 5.41) is 3.05. The Morgan fingerprint density at radius 3 is 2.24 bits per heavy atom. The molecule has 0 aliphatic carbocycles. The van der Waals surface area contributed by atoms with Gasteiger partial charge in [-0.1, -0.05) is 78.3 Å². The lowest BCUT2D eigenvalue weighted by molar-refractivity contribution is -0.147. The van der Waals surface area contributed by atoms with Gasteiger partial charge in [0, 0.05) is 40.3 Å². The van der Waals surface area contributed by atoms with Crippen LogP contribution in [0.5, 0.6) is 0 Å². The number of hydrogen-bond donors (Lipinski definition) is 1. The Balaban J connectivity index is 2.12. The minimum absolute atomic E-state index is 0.0239. The number of likely N-dealkylation sites (N-methyl/N-ethyl adjacent to an activating group) is 1. The predicted octanol–water partition coefficient (Wildman–Crippen LogP) is 4.56. The molecule has 0 saturated carbocycles. The van der Waals surface area contributed by atoms with Gasteiger partial charge in [0.05, 0.1) is 36.6 Å². The molecule has 1 aliphatic rings. The van der Waals surface area contributed by atoms with E-state index in [1.165, 1.54) is 5.56 Å². The highest BCUT2D eigenvalue weighted by Crippen LogP contribution is 2.30. The van der Waals surface area contributed by atoms with Crippen LogP contribution in [0, 0.1) is 23.7 Å². The Hall–Kier alpha value is -2.45. The third-order valence-electron chi connectivity index (χ3n) is 9.20. The minimum Gasteiger partial charge on any atom is -0.379 e. The Bertz CT molecular complexity index is 955. The predicted molar refractivity (Wildman–Crippen MR) is 163 cm³/mol. The molecule has 0 radical (unpaired) electrons. The lowest BCUT2D eigenvalue weighted by atomic mass is 9.88. The number of nitrogens with one attached hydrogen (secondary N) is 1. The second kappa shape index (κ2) is 16.9. The molecule has 2 rings (SSSR count). The fraction of sp³-hybridized carbons (Fsp3) is 0.727. The second-order valence-corrected chi connectivity index (χ2v) is 12.1. The highest BCUT2D eigenvalue weighted by molar-refractivity contribution is 5.81. The maximum atomic E-state index is 13.8. The number of ether oxygens (including phenoxy) is 2. The molecule has 1 saturated heterocycles. The highest BCUT2D eigenvalue weighted by atomic mass is 16.5. The summed E-state index contributed by atoms with van der Waals surface area (Å²) in [4.78, 5) is 43.9. The fourth-order valence-corrected chi connectivity index (χ4v) is 6.05. The topological polar surface area (TPSA) is 88.2 Å². The van der Waals surface area contributed by atoms with E-state index in [0.717, 1.165) is 25.7 Å². The van der Waals surface area contributed by atoms with E-state index < -0.39 is 18.1 Å². The maximum absolute atomic E-state index is 13.8. The van der Waals surface area contributed by atoms with Crippen LogP contribution < -0.4 is 5.32 Å². The van der Waals surface area contributed by atoms with Gasteiger partial charge in [-0.3, -0.25) is 14.4 Å².